The van der Waals surface area contributed by atoms with E-state index in [1.54, 1.807) is 0 Å². The minimum Gasteiger partial charge on any atom is -0.486 e. The minimum absolute atomic E-state index is 0.131. The number of ether oxygens (including phenoxy) is 2. The predicted molar refractivity (Wildman–Crippen MR) is 53.3 cm³/mol. The summed E-state index contributed by atoms with van der Waals surface area (Å²) in [6.45, 7) is 2.24. The lowest BCUT2D eigenvalue weighted by atomic mass is 10.2. The first-order valence-electron chi connectivity index (χ1n) is 4.89. The zero-order valence-corrected chi connectivity index (χ0v) is 8.60. The van der Waals surface area contributed by atoms with Gasteiger partial charge >= 0.3 is 5.69 Å². The highest BCUT2D eigenvalue weighted by molar-refractivity contribution is 5.50. The average Bonchev–Trinajstić information content (AvgIpc) is 2.27. The van der Waals surface area contributed by atoms with E-state index in [1.165, 1.54) is 0 Å². The van der Waals surface area contributed by atoms with Crippen LogP contribution in [0.5, 0.6) is 11.5 Å². The quantitative estimate of drug-likeness (QED) is 0.574. The van der Waals surface area contributed by atoms with Gasteiger partial charge in [0.25, 0.3) is 0 Å². The fraction of sp³-hybridized carbons (Fsp3) is 0.400. The van der Waals surface area contributed by atoms with E-state index in [1.807, 2.05) is 6.92 Å². The number of benzene rings is 1. The van der Waals surface area contributed by atoms with Crippen molar-refractivity contribution >= 4 is 5.69 Å². The Balaban J connectivity index is 2.38. The van der Waals surface area contributed by atoms with Crippen molar-refractivity contribution in [3.63, 3.8) is 0 Å². The number of fused-ring (bicyclic) bond motifs is 1. The summed E-state index contributed by atoms with van der Waals surface area (Å²) in [7, 11) is 0. The van der Waals surface area contributed by atoms with E-state index in [-0.39, 0.29) is 17.6 Å². The number of nitrogens with zero attached hydrogens (tertiary/aromatic N) is 1. The van der Waals surface area contributed by atoms with Gasteiger partial charge in [0.2, 0.25) is 5.82 Å². The first kappa shape index (κ1) is 10.7. The maximum Gasteiger partial charge on any atom is 0.308 e. The van der Waals surface area contributed by atoms with Crippen molar-refractivity contribution in [1.29, 1.82) is 0 Å². The number of nitro groups is 1. The fourth-order valence-corrected chi connectivity index (χ4v) is 1.47. The van der Waals surface area contributed by atoms with Gasteiger partial charge in [-0.25, -0.2) is 0 Å². The largest absolute Gasteiger partial charge is 0.486 e. The van der Waals surface area contributed by atoms with Crippen molar-refractivity contribution in [3.05, 3.63) is 28.1 Å². The molecule has 0 saturated carbocycles. The van der Waals surface area contributed by atoms with Crippen LogP contribution in [0, 0.1) is 15.9 Å². The summed E-state index contributed by atoms with van der Waals surface area (Å²) in [4.78, 5) is 9.71. The molecule has 0 aliphatic carbocycles. The zero-order chi connectivity index (χ0) is 11.7. The predicted octanol–water partition coefficient (Wildman–Crippen LogP) is 2.28. The van der Waals surface area contributed by atoms with Crippen molar-refractivity contribution in [2.45, 2.75) is 19.4 Å². The van der Waals surface area contributed by atoms with E-state index in [0.29, 0.717) is 6.61 Å². The number of halogens is 1. The Labute approximate surface area is 90.9 Å². The highest BCUT2D eigenvalue weighted by Crippen LogP contribution is 2.37. The first-order valence-corrected chi connectivity index (χ1v) is 4.89. The van der Waals surface area contributed by atoms with E-state index < -0.39 is 16.4 Å². The Morgan fingerprint density at radius 2 is 2.31 bits per heavy atom. The summed E-state index contributed by atoms with van der Waals surface area (Å²) in [5, 5.41) is 10.5. The second kappa shape index (κ2) is 3.96. The summed E-state index contributed by atoms with van der Waals surface area (Å²) in [5.41, 5.74) is -0.600. The standard InChI is InChI=1S/C10H10FNO4/c1-2-6-5-15-9-4-8(12(13)14)7(11)3-10(9)16-6/h3-4,6H,2,5H2,1H3/t6-/m0/s1. The van der Waals surface area contributed by atoms with Crippen molar-refractivity contribution in [3.8, 4) is 11.5 Å². The molecular weight excluding hydrogens is 217 g/mol. The van der Waals surface area contributed by atoms with Gasteiger partial charge in [0.1, 0.15) is 12.7 Å². The molecule has 0 bridgehead atoms. The molecule has 0 N–H and O–H groups in total. The molecule has 0 radical (unpaired) electrons. The molecule has 0 spiro atoms. The fourth-order valence-electron chi connectivity index (χ4n) is 1.47. The van der Waals surface area contributed by atoms with Gasteiger partial charge in [-0.1, -0.05) is 6.92 Å². The van der Waals surface area contributed by atoms with Crippen LogP contribution >= 0.6 is 0 Å². The van der Waals surface area contributed by atoms with Crippen LogP contribution in [0.2, 0.25) is 0 Å². The van der Waals surface area contributed by atoms with Gasteiger partial charge in [-0.2, -0.15) is 4.39 Å². The Morgan fingerprint density at radius 1 is 1.56 bits per heavy atom. The van der Waals surface area contributed by atoms with Gasteiger partial charge in [-0.15, -0.1) is 0 Å². The summed E-state index contributed by atoms with van der Waals surface area (Å²) in [5.74, 6) is -0.469. The summed E-state index contributed by atoms with van der Waals surface area (Å²) in [6.07, 6.45) is 0.603. The minimum atomic E-state index is -0.913. The smallest absolute Gasteiger partial charge is 0.308 e. The molecule has 1 heterocycles. The number of nitro benzene ring substituents is 1. The van der Waals surface area contributed by atoms with E-state index in [4.69, 9.17) is 9.47 Å². The molecule has 0 amide bonds. The SMILES string of the molecule is CC[C@H]1COc2cc([N+](=O)[O-])c(F)cc2O1. The summed E-state index contributed by atoms with van der Waals surface area (Å²) < 4.78 is 24.0. The monoisotopic (exact) mass is 227 g/mol. The lowest BCUT2D eigenvalue weighted by Crippen LogP contribution is -2.28. The maximum atomic E-state index is 13.3. The molecule has 0 saturated heterocycles. The Bertz CT molecular complexity index is 435. The lowest BCUT2D eigenvalue weighted by Gasteiger charge is -2.25. The molecule has 1 aromatic carbocycles. The van der Waals surface area contributed by atoms with Crippen LogP contribution in [0.3, 0.4) is 0 Å². The molecule has 16 heavy (non-hydrogen) atoms. The van der Waals surface area contributed by atoms with Gasteiger partial charge in [-0.3, -0.25) is 10.1 Å². The van der Waals surface area contributed by atoms with Crippen LogP contribution in [0.15, 0.2) is 12.1 Å². The number of hydrogen-bond donors (Lipinski definition) is 0. The highest BCUT2D eigenvalue weighted by atomic mass is 19.1. The van der Waals surface area contributed by atoms with E-state index >= 15 is 0 Å². The third kappa shape index (κ3) is 1.78. The summed E-state index contributed by atoms with van der Waals surface area (Å²) in [6, 6.07) is 2.05. The van der Waals surface area contributed by atoms with Gasteiger partial charge in [0.05, 0.1) is 11.0 Å². The van der Waals surface area contributed by atoms with E-state index in [0.717, 1.165) is 18.6 Å². The van der Waals surface area contributed by atoms with Gasteiger partial charge in [0, 0.05) is 6.07 Å². The molecule has 1 aliphatic heterocycles. The lowest BCUT2D eigenvalue weighted by molar-refractivity contribution is -0.387. The molecule has 2 rings (SSSR count). The highest BCUT2D eigenvalue weighted by Gasteiger charge is 2.25. The second-order valence-electron chi connectivity index (χ2n) is 3.47. The van der Waals surface area contributed by atoms with Crippen LogP contribution in [-0.4, -0.2) is 17.6 Å². The molecule has 6 heteroatoms. The Morgan fingerprint density at radius 3 is 2.94 bits per heavy atom. The van der Waals surface area contributed by atoms with E-state index in [9.17, 15) is 14.5 Å². The third-order valence-corrected chi connectivity index (χ3v) is 2.38. The van der Waals surface area contributed by atoms with Gasteiger partial charge in [0.15, 0.2) is 11.5 Å². The Hall–Kier alpha value is -1.85. The van der Waals surface area contributed by atoms with E-state index in [2.05, 4.69) is 0 Å². The number of hydrogen-bond acceptors (Lipinski definition) is 4. The van der Waals surface area contributed by atoms with Crippen molar-refractivity contribution in [2.75, 3.05) is 6.61 Å². The molecule has 0 aromatic heterocycles. The maximum absolute atomic E-state index is 13.3. The molecule has 1 aromatic rings. The van der Waals surface area contributed by atoms with Crippen molar-refractivity contribution in [1.82, 2.24) is 0 Å². The van der Waals surface area contributed by atoms with Crippen LogP contribution < -0.4 is 9.47 Å². The van der Waals surface area contributed by atoms with Crippen LogP contribution in [0.25, 0.3) is 0 Å². The second-order valence-corrected chi connectivity index (χ2v) is 3.47. The molecular formula is C10H10FNO4. The molecule has 5 nitrogen and oxygen atoms in total. The third-order valence-electron chi connectivity index (χ3n) is 2.38. The van der Waals surface area contributed by atoms with Gasteiger partial charge < -0.3 is 9.47 Å². The van der Waals surface area contributed by atoms with Gasteiger partial charge in [-0.05, 0) is 6.42 Å². The molecule has 1 atom stereocenters. The molecule has 0 fully saturated rings. The molecule has 1 aliphatic rings. The topological polar surface area (TPSA) is 61.6 Å². The van der Waals surface area contributed by atoms with Crippen molar-refractivity contribution < 1.29 is 18.8 Å². The Kier molecular flexibility index (Phi) is 2.64. The van der Waals surface area contributed by atoms with Crippen LogP contribution in [-0.2, 0) is 0 Å². The normalized spacial score (nSPS) is 18.2. The van der Waals surface area contributed by atoms with Crippen molar-refractivity contribution in [2.24, 2.45) is 0 Å². The zero-order valence-electron chi connectivity index (χ0n) is 8.60. The van der Waals surface area contributed by atoms with Crippen LogP contribution in [0.4, 0.5) is 10.1 Å². The first-order chi connectivity index (χ1) is 7.61. The number of rotatable bonds is 2. The molecule has 0 unspecified atom stereocenters. The molecule has 86 valence electrons. The van der Waals surface area contributed by atoms with Crippen LogP contribution in [0.1, 0.15) is 13.3 Å². The average molecular weight is 227 g/mol. The summed E-state index contributed by atoms with van der Waals surface area (Å²) >= 11 is 0.